The van der Waals surface area contributed by atoms with Gasteiger partial charge in [-0.05, 0) is 61.5 Å². The molecule has 2 aromatic carbocycles. The average Bonchev–Trinajstić information content (AvgIpc) is 3.28. The molecule has 0 aliphatic carbocycles. The molecule has 1 N–H and O–H groups in total. The van der Waals surface area contributed by atoms with E-state index in [1.165, 1.54) is 17.1 Å². The maximum atomic E-state index is 12.9. The van der Waals surface area contributed by atoms with Gasteiger partial charge in [0.1, 0.15) is 11.5 Å². The second-order valence-corrected chi connectivity index (χ2v) is 7.45. The van der Waals surface area contributed by atoms with Gasteiger partial charge < -0.3 is 9.52 Å². The molecule has 4 rings (SSSR count). The number of hydrazone groups is 1. The van der Waals surface area contributed by atoms with Crippen LogP contribution in [0.5, 0.6) is 0 Å². The van der Waals surface area contributed by atoms with Gasteiger partial charge in [0.05, 0.1) is 22.5 Å². The van der Waals surface area contributed by atoms with Gasteiger partial charge in [-0.1, -0.05) is 29.3 Å². The van der Waals surface area contributed by atoms with E-state index in [2.05, 4.69) is 5.10 Å². The van der Waals surface area contributed by atoms with Crippen LogP contribution >= 0.6 is 23.2 Å². The molecule has 0 saturated carbocycles. The van der Waals surface area contributed by atoms with E-state index >= 15 is 0 Å². The highest BCUT2D eigenvalue weighted by atomic mass is 35.5. The SMILES string of the molecule is CC1=NN(c2cccc(C(=O)O)c2)C(=O)/C1=C\c1ccc(-c2cc(Cl)cc(Cl)c2)o1. The summed E-state index contributed by atoms with van der Waals surface area (Å²) in [6, 6.07) is 14.6. The van der Waals surface area contributed by atoms with Crippen LogP contribution in [-0.4, -0.2) is 22.7 Å². The Labute approximate surface area is 181 Å². The number of hydrogen-bond acceptors (Lipinski definition) is 4. The summed E-state index contributed by atoms with van der Waals surface area (Å²) in [4.78, 5) is 24.1. The summed E-state index contributed by atoms with van der Waals surface area (Å²) in [6.45, 7) is 1.70. The first kappa shape index (κ1) is 19.9. The molecular formula is C22H14Cl2N2O4. The highest BCUT2D eigenvalue weighted by molar-refractivity contribution is 6.35. The van der Waals surface area contributed by atoms with Gasteiger partial charge in [-0.15, -0.1) is 0 Å². The molecule has 1 amide bonds. The Balaban J connectivity index is 1.63. The molecule has 3 aromatic rings. The number of carbonyl (C=O) groups is 2. The van der Waals surface area contributed by atoms with E-state index in [0.717, 1.165) is 0 Å². The zero-order valence-electron chi connectivity index (χ0n) is 15.6. The third-order valence-corrected chi connectivity index (χ3v) is 4.90. The monoisotopic (exact) mass is 440 g/mol. The summed E-state index contributed by atoms with van der Waals surface area (Å²) in [5, 5.41) is 15.6. The van der Waals surface area contributed by atoms with Crippen LogP contribution in [0.25, 0.3) is 17.4 Å². The highest BCUT2D eigenvalue weighted by Gasteiger charge is 2.29. The van der Waals surface area contributed by atoms with Crippen molar-refractivity contribution in [3.05, 3.63) is 81.5 Å². The summed E-state index contributed by atoms with van der Waals surface area (Å²) in [5.74, 6) is -0.444. The molecule has 8 heteroatoms. The smallest absolute Gasteiger partial charge is 0.335 e. The Morgan fingerprint density at radius 2 is 1.83 bits per heavy atom. The number of hydrogen-bond donors (Lipinski definition) is 1. The lowest BCUT2D eigenvalue weighted by atomic mass is 10.1. The molecule has 0 saturated heterocycles. The lowest BCUT2D eigenvalue weighted by Crippen LogP contribution is -2.21. The molecule has 0 bridgehead atoms. The van der Waals surface area contributed by atoms with Gasteiger partial charge in [0.15, 0.2) is 0 Å². The van der Waals surface area contributed by atoms with Crippen molar-refractivity contribution in [2.45, 2.75) is 6.92 Å². The maximum Gasteiger partial charge on any atom is 0.335 e. The van der Waals surface area contributed by atoms with Gasteiger partial charge in [0.25, 0.3) is 5.91 Å². The fraction of sp³-hybridized carbons (Fsp3) is 0.0455. The van der Waals surface area contributed by atoms with E-state index in [1.54, 1.807) is 55.5 Å². The number of amides is 1. The molecule has 2 heterocycles. The van der Waals surface area contributed by atoms with E-state index in [-0.39, 0.29) is 11.5 Å². The number of nitrogens with zero attached hydrogens (tertiary/aromatic N) is 2. The molecule has 0 radical (unpaired) electrons. The van der Waals surface area contributed by atoms with Crippen LogP contribution < -0.4 is 5.01 Å². The summed E-state index contributed by atoms with van der Waals surface area (Å²) in [7, 11) is 0. The van der Waals surface area contributed by atoms with Gasteiger partial charge in [-0.2, -0.15) is 10.1 Å². The molecular weight excluding hydrogens is 427 g/mol. The third-order valence-electron chi connectivity index (χ3n) is 4.46. The van der Waals surface area contributed by atoms with Crippen molar-refractivity contribution < 1.29 is 19.1 Å². The lowest BCUT2D eigenvalue weighted by molar-refractivity contribution is -0.114. The molecule has 6 nitrogen and oxygen atoms in total. The second-order valence-electron chi connectivity index (χ2n) is 6.58. The van der Waals surface area contributed by atoms with Gasteiger partial charge in [-0.25, -0.2) is 4.79 Å². The predicted molar refractivity (Wildman–Crippen MR) is 116 cm³/mol. The van der Waals surface area contributed by atoms with Gasteiger partial charge >= 0.3 is 5.97 Å². The zero-order valence-corrected chi connectivity index (χ0v) is 17.1. The highest BCUT2D eigenvalue weighted by Crippen LogP contribution is 2.30. The number of carboxylic acid groups (broad SMARTS) is 1. The number of rotatable bonds is 4. The Kier molecular flexibility index (Phi) is 5.20. The maximum absolute atomic E-state index is 12.9. The van der Waals surface area contributed by atoms with Crippen molar-refractivity contribution in [1.29, 1.82) is 0 Å². The summed E-state index contributed by atoms with van der Waals surface area (Å²) in [6.07, 6.45) is 1.60. The Morgan fingerprint density at radius 3 is 2.53 bits per heavy atom. The van der Waals surface area contributed by atoms with Crippen molar-refractivity contribution >= 4 is 52.6 Å². The number of benzene rings is 2. The van der Waals surface area contributed by atoms with E-state index in [0.29, 0.717) is 44.1 Å². The van der Waals surface area contributed by atoms with Crippen molar-refractivity contribution in [3.8, 4) is 11.3 Å². The number of aromatic carboxylic acids is 1. The number of halogens is 2. The fourth-order valence-corrected chi connectivity index (χ4v) is 3.58. The number of carboxylic acids is 1. The van der Waals surface area contributed by atoms with Crippen LogP contribution in [0.15, 0.2) is 69.7 Å². The van der Waals surface area contributed by atoms with E-state index < -0.39 is 5.97 Å². The van der Waals surface area contributed by atoms with Crippen molar-refractivity contribution in [3.63, 3.8) is 0 Å². The molecule has 0 spiro atoms. The third kappa shape index (κ3) is 3.87. The molecule has 0 fully saturated rings. The van der Waals surface area contributed by atoms with Gasteiger partial charge in [0, 0.05) is 15.6 Å². The molecule has 0 atom stereocenters. The van der Waals surface area contributed by atoms with E-state index in [9.17, 15) is 9.59 Å². The summed E-state index contributed by atoms with van der Waals surface area (Å²) >= 11 is 12.1. The molecule has 150 valence electrons. The minimum atomic E-state index is -1.08. The first-order valence-electron chi connectivity index (χ1n) is 8.83. The van der Waals surface area contributed by atoms with Crippen LogP contribution in [0.2, 0.25) is 10.0 Å². The van der Waals surface area contributed by atoms with Crippen molar-refractivity contribution in [2.24, 2.45) is 5.10 Å². The normalized spacial score (nSPS) is 15.0. The van der Waals surface area contributed by atoms with E-state index in [4.69, 9.17) is 32.7 Å². The number of carbonyl (C=O) groups excluding carboxylic acids is 1. The largest absolute Gasteiger partial charge is 0.478 e. The number of furan rings is 1. The van der Waals surface area contributed by atoms with E-state index in [1.807, 2.05) is 0 Å². The Bertz CT molecular complexity index is 1220. The topological polar surface area (TPSA) is 83.1 Å². The number of anilines is 1. The summed E-state index contributed by atoms with van der Waals surface area (Å²) in [5.41, 5.74) is 2.00. The van der Waals surface area contributed by atoms with Crippen LogP contribution in [0.1, 0.15) is 23.0 Å². The first-order valence-corrected chi connectivity index (χ1v) is 9.59. The first-order chi connectivity index (χ1) is 14.3. The van der Waals surface area contributed by atoms with Crippen LogP contribution in [-0.2, 0) is 4.79 Å². The molecule has 1 aromatic heterocycles. The average molecular weight is 441 g/mol. The minimum Gasteiger partial charge on any atom is -0.478 e. The molecule has 1 aliphatic heterocycles. The molecule has 30 heavy (non-hydrogen) atoms. The van der Waals surface area contributed by atoms with Crippen molar-refractivity contribution in [1.82, 2.24) is 0 Å². The van der Waals surface area contributed by atoms with Crippen LogP contribution in [0.3, 0.4) is 0 Å². The molecule has 0 unspecified atom stereocenters. The lowest BCUT2D eigenvalue weighted by Gasteiger charge is -2.12. The van der Waals surface area contributed by atoms with Crippen LogP contribution in [0, 0.1) is 0 Å². The standard InChI is InChI=1S/C22H14Cl2N2O4/c1-12-19(21(27)26(25-12)17-4-2-3-13(9-17)22(28)29)11-18-5-6-20(30-18)14-7-15(23)10-16(24)8-14/h2-11H,1H3,(H,28,29)/b19-11-. The minimum absolute atomic E-state index is 0.0708. The molecule has 1 aliphatic rings. The Hall–Kier alpha value is -3.35. The fourth-order valence-electron chi connectivity index (χ4n) is 3.05. The zero-order chi connectivity index (χ0) is 21.4. The predicted octanol–water partition coefficient (Wildman–Crippen LogP) is 5.76. The van der Waals surface area contributed by atoms with Gasteiger partial charge in [-0.3, -0.25) is 4.79 Å². The summed E-state index contributed by atoms with van der Waals surface area (Å²) < 4.78 is 5.83. The second kappa shape index (κ2) is 7.82. The quantitative estimate of drug-likeness (QED) is 0.522. The van der Waals surface area contributed by atoms with Gasteiger partial charge in [0.2, 0.25) is 0 Å². The van der Waals surface area contributed by atoms with Crippen LogP contribution in [0.4, 0.5) is 5.69 Å². The Morgan fingerprint density at radius 1 is 1.10 bits per heavy atom. The van der Waals surface area contributed by atoms with Crippen molar-refractivity contribution in [2.75, 3.05) is 5.01 Å².